The number of methoxy groups -OCH3 is 1. The number of anilines is 2. The number of carbonyl (C=O) groups excluding carboxylic acids is 3. The normalized spacial score (nSPS) is 14.4. The van der Waals surface area contributed by atoms with Crippen molar-refractivity contribution in [2.75, 3.05) is 36.6 Å². The van der Waals surface area contributed by atoms with Gasteiger partial charge in [-0.2, -0.15) is 0 Å². The quantitative estimate of drug-likeness (QED) is 0.294. The molecule has 0 radical (unpaired) electrons. The van der Waals surface area contributed by atoms with Gasteiger partial charge in [0.25, 0.3) is 0 Å². The zero-order valence-electron chi connectivity index (χ0n) is 21.6. The molecule has 1 fully saturated rings. The smallest absolute Gasteiger partial charge is 0.354 e. The van der Waals surface area contributed by atoms with Crippen molar-refractivity contribution in [3.63, 3.8) is 0 Å². The molecule has 0 unspecified atom stereocenters. The van der Waals surface area contributed by atoms with Gasteiger partial charge in [0.15, 0.2) is 0 Å². The molecule has 0 aliphatic carbocycles. The van der Waals surface area contributed by atoms with Crippen molar-refractivity contribution in [2.24, 2.45) is 10.7 Å². The highest BCUT2D eigenvalue weighted by atomic mass is 16.5. The third-order valence-electron chi connectivity index (χ3n) is 6.06. The van der Waals surface area contributed by atoms with Crippen LogP contribution < -0.4 is 20.3 Å². The molecule has 1 saturated heterocycles. The summed E-state index contributed by atoms with van der Waals surface area (Å²) in [6.45, 7) is 4.33. The van der Waals surface area contributed by atoms with Crippen LogP contribution in [0.5, 0.6) is 5.75 Å². The number of esters is 1. The van der Waals surface area contributed by atoms with Crippen LogP contribution in [-0.2, 0) is 19.1 Å². The molecule has 2 amide bonds. The maximum Gasteiger partial charge on any atom is 0.354 e. The van der Waals surface area contributed by atoms with Crippen LogP contribution in [-0.4, -0.2) is 50.8 Å². The number of benzene rings is 2. The van der Waals surface area contributed by atoms with E-state index in [2.05, 4.69) is 4.99 Å². The Morgan fingerprint density at radius 2 is 1.81 bits per heavy atom. The standard InChI is InChI=1S/C28H34N4O5/c1-4-37-28(35)27(29)21(19-30-22-8-14-25(36-3)15-9-22)16-18-31(20(2)33)23-10-12-24(13-11-23)32-17-6-5-7-26(32)34/h8-15,19H,4-7,16-18,29H2,1-3H3. The van der Waals surface area contributed by atoms with E-state index in [0.29, 0.717) is 35.7 Å². The van der Waals surface area contributed by atoms with E-state index in [9.17, 15) is 14.4 Å². The number of ether oxygens (including phenoxy) is 2. The van der Waals surface area contributed by atoms with Gasteiger partial charge in [-0.3, -0.25) is 14.6 Å². The Morgan fingerprint density at radius 3 is 2.41 bits per heavy atom. The second-order valence-electron chi connectivity index (χ2n) is 8.56. The highest BCUT2D eigenvalue weighted by molar-refractivity contribution is 5.97. The van der Waals surface area contributed by atoms with E-state index >= 15 is 0 Å². The molecular weight excluding hydrogens is 472 g/mol. The first-order valence-corrected chi connectivity index (χ1v) is 12.4. The molecule has 9 heteroatoms. The third kappa shape index (κ3) is 7.42. The lowest BCUT2D eigenvalue weighted by Crippen LogP contribution is -2.35. The van der Waals surface area contributed by atoms with Crippen LogP contribution in [0.15, 0.2) is 64.8 Å². The van der Waals surface area contributed by atoms with Gasteiger partial charge >= 0.3 is 5.97 Å². The van der Waals surface area contributed by atoms with Crippen molar-refractivity contribution in [3.8, 4) is 5.75 Å². The first-order valence-electron chi connectivity index (χ1n) is 12.4. The molecular formula is C28H34N4O5. The number of carbonyl (C=O) groups is 3. The first kappa shape index (κ1) is 27.4. The Labute approximate surface area is 217 Å². The minimum atomic E-state index is -0.636. The van der Waals surface area contributed by atoms with Gasteiger partial charge < -0.3 is 25.0 Å². The molecule has 0 bridgehead atoms. The Kier molecular flexibility index (Phi) is 9.83. The maximum atomic E-state index is 12.5. The number of rotatable bonds is 10. The zero-order valence-corrected chi connectivity index (χ0v) is 21.6. The third-order valence-corrected chi connectivity index (χ3v) is 6.06. The largest absolute Gasteiger partial charge is 0.497 e. The molecule has 2 N–H and O–H groups in total. The molecule has 1 aliphatic rings. The summed E-state index contributed by atoms with van der Waals surface area (Å²) in [6, 6.07) is 14.5. The average Bonchev–Trinajstić information content (AvgIpc) is 2.91. The van der Waals surface area contributed by atoms with Gasteiger partial charge in [-0.05, 0) is 74.7 Å². The highest BCUT2D eigenvalue weighted by Gasteiger charge is 2.21. The predicted molar refractivity (Wildman–Crippen MR) is 144 cm³/mol. The van der Waals surface area contributed by atoms with Crippen molar-refractivity contribution in [2.45, 2.75) is 39.5 Å². The van der Waals surface area contributed by atoms with Crippen molar-refractivity contribution < 1.29 is 23.9 Å². The zero-order chi connectivity index (χ0) is 26.8. The van der Waals surface area contributed by atoms with Gasteiger partial charge in [0.2, 0.25) is 11.8 Å². The lowest BCUT2D eigenvalue weighted by molar-refractivity contribution is -0.138. The number of hydrogen-bond acceptors (Lipinski definition) is 7. The number of nitrogens with zero attached hydrogens (tertiary/aromatic N) is 3. The SMILES string of the molecule is CCOC(=O)C(N)=C(C=Nc1ccc(OC)cc1)CCN(C(C)=O)c1ccc(N2CCCCC2=O)cc1. The van der Waals surface area contributed by atoms with Crippen molar-refractivity contribution in [1.82, 2.24) is 0 Å². The van der Waals surface area contributed by atoms with E-state index in [0.717, 1.165) is 18.5 Å². The Hall–Kier alpha value is -4.14. The van der Waals surface area contributed by atoms with Crippen LogP contribution in [0, 0.1) is 0 Å². The molecule has 0 saturated carbocycles. The molecule has 2 aromatic carbocycles. The summed E-state index contributed by atoms with van der Waals surface area (Å²) in [6.07, 6.45) is 4.24. The van der Waals surface area contributed by atoms with Crippen molar-refractivity contribution >= 4 is 41.1 Å². The monoisotopic (exact) mass is 506 g/mol. The fourth-order valence-electron chi connectivity index (χ4n) is 4.02. The summed E-state index contributed by atoms with van der Waals surface area (Å²) in [5.74, 6) is 0.0165. The first-order chi connectivity index (χ1) is 17.8. The van der Waals surface area contributed by atoms with E-state index in [4.69, 9.17) is 15.2 Å². The number of nitrogens with two attached hydrogens (primary N) is 1. The fraction of sp³-hybridized carbons (Fsp3) is 0.357. The van der Waals surface area contributed by atoms with Crippen LogP contribution in [0.25, 0.3) is 0 Å². The summed E-state index contributed by atoms with van der Waals surface area (Å²) >= 11 is 0. The van der Waals surface area contributed by atoms with Crippen LogP contribution >= 0.6 is 0 Å². The van der Waals surface area contributed by atoms with Crippen LogP contribution in [0.4, 0.5) is 17.1 Å². The summed E-state index contributed by atoms with van der Waals surface area (Å²) in [7, 11) is 1.58. The van der Waals surface area contributed by atoms with Crippen LogP contribution in [0.1, 0.15) is 39.5 Å². The van der Waals surface area contributed by atoms with Gasteiger partial charge in [-0.15, -0.1) is 0 Å². The van der Waals surface area contributed by atoms with Gasteiger partial charge in [0, 0.05) is 49.6 Å². The Balaban J connectivity index is 1.80. The number of hydrogen-bond donors (Lipinski definition) is 1. The lowest BCUT2D eigenvalue weighted by atomic mass is 10.1. The minimum Gasteiger partial charge on any atom is -0.497 e. The van der Waals surface area contributed by atoms with E-state index < -0.39 is 5.97 Å². The summed E-state index contributed by atoms with van der Waals surface area (Å²) < 4.78 is 10.2. The average molecular weight is 507 g/mol. The Bertz CT molecular complexity index is 1160. The van der Waals surface area contributed by atoms with E-state index in [-0.39, 0.29) is 37.1 Å². The van der Waals surface area contributed by atoms with Crippen LogP contribution in [0.3, 0.4) is 0 Å². The second kappa shape index (κ2) is 13.2. The number of aliphatic imine (C=N–C) groups is 1. The molecule has 37 heavy (non-hydrogen) atoms. The highest BCUT2D eigenvalue weighted by Crippen LogP contribution is 2.25. The molecule has 0 spiro atoms. The number of amides is 2. The lowest BCUT2D eigenvalue weighted by Gasteiger charge is -2.28. The summed E-state index contributed by atoms with van der Waals surface area (Å²) in [5, 5.41) is 0. The molecule has 1 aliphatic heterocycles. The second-order valence-corrected chi connectivity index (χ2v) is 8.56. The molecule has 9 nitrogen and oxygen atoms in total. The predicted octanol–water partition coefficient (Wildman–Crippen LogP) is 4.13. The fourth-order valence-corrected chi connectivity index (χ4v) is 4.02. The molecule has 3 rings (SSSR count). The molecule has 196 valence electrons. The molecule has 0 aromatic heterocycles. The van der Waals surface area contributed by atoms with E-state index in [1.165, 1.54) is 13.1 Å². The van der Waals surface area contributed by atoms with Gasteiger partial charge in [-0.25, -0.2) is 4.79 Å². The van der Waals surface area contributed by atoms with Crippen LogP contribution in [0.2, 0.25) is 0 Å². The summed E-state index contributed by atoms with van der Waals surface area (Å²) in [4.78, 5) is 44.9. The molecule has 1 heterocycles. The maximum absolute atomic E-state index is 12.5. The Morgan fingerprint density at radius 1 is 1.11 bits per heavy atom. The van der Waals surface area contributed by atoms with Gasteiger partial charge in [0.05, 0.1) is 19.4 Å². The van der Waals surface area contributed by atoms with E-state index in [1.807, 2.05) is 24.3 Å². The molecule has 2 aromatic rings. The van der Waals surface area contributed by atoms with Crippen molar-refractivity contribution in [1.29, 1.82) is 0 Å². The number of piperidine rings is 1. The van der Waals surface area contributed by atoms with Gasteiger partial charge in [-0.1, -0.05) is 0 Å². The topological polar surface area (TPSA) is 115 Å². The summed E-state index contributed by atoms with van der Waals surface area (Å²) in [5.41, 5.74) is 8.68. The minimum absolute atomic E-state index is 0.0541. The molecule has 0 atom stereocenters. The van der Waals surface area contributed by atoms with Crippen molar-refractivity contribution in [3.05, 3.63) is 59.8 Å². The van der Waals surface area contributed by atoms with E-state index in [1.54, 1.807) is 48.1 Å². The van der Waals surface area contributed by atoms with Gasteiger partial charge in [0.1, 0.15) is 11.4 Å².